The summed E-state index contributed by atoms with van der Waals surface area (Å²) in [5.74, 6) is 0.996. The van der Waals surface area contributed by atoms with Crippen molar-refractivity contribution in [3.8, 4) is 0 Å². The highest BCUT2D eigenvalue weighted by atomic mass is 32.1. The fourth-order valence-corrected chi connectivity index (χ4v) is 4.46. The highest BCUT2D eigenvalue weighted by molar-refractivity contribution is 7.12. The molecule has 1 amide bonds. The van der Waals surface area contributed by atoms with Gasteiger partial charge in [0.1, 0.15) is 5.60 Å². The average molecular weight is 486 g/mol. The summed E-state index contributed by atoms with van der Waals surface area (Å²) in [6, 6.07) is 9.92. The van der Waals surface area contributed by atoms with Crippen molar-refractivity contribution in [2.24, 2.45) is 5.92 Å². The molecule has 0 unspecified atom stereocenters. The van der Waals surface area contributed by atoms with E-state index in [0.29, 0.717) is 53.8 Å². The fraction of sp³-hybridized carbons (Fsp3) is 0.520. The van der Waals surface area contributed by atoms with Crippen LogP contribution in [-0.2, 0) is 11.3 Å². The maximum atomic E-state index is 13.6. The molecule has 34 heavy (non-hydrogen) atoms. The Balaban J connectivity index is 1.89. The number of fused-ring (bicyclic) bond motifs is 1. The van der Waals surface area contributed by atoms with E-state index < -0.39 is 11.7 Å². The summed E-state index contributed by atoms with van der Waals surface area (Å²) in [6.45, 7) is 13.9. The van der Waals surface area contributed by atoms with Gasteiger partial charge in [0.25, 0.3) is 5.56 Å². The van der Waals surface area contributed by atoms with Crippen molar-refractivity contribution in [1.29, 1.82) is 0 Å². The van der Waals surface area contributed by atoms with Crippen LogP contribution >= 0.6 is 11.5 Å². The van der Waals surface area contributed by atoms with Crippen molar-refractivity contribution >= 4 is 33.8 Å². The Hall–Kier alpha value is -2.94. The van der Waals surface area contributed by atoms with Crippen LogP contribution < -0.4 is 15.8 Å². The third kappa shape index (κ3) is 6.79. The molecular formula is C25H35N5O3S. The minimum atomic E-state index is -0.534. The lowest BCUT2D eigenvalue weighted by molar-refractivity contribution is 0.0527. The van der Waals surface area contributed by atoms with Crippen LogP contribution in [0.1, 0.15) is 52.3 Å². The number of hydrogen-bond acceptors (Lipinski definition) is 7. The van der Waals surface area contributed by atoms with Gasteiger partial charge >= 0.3 is 6.09 Å². The van der Waals surface area contributed by atoms with Crippen LogP contribution in [0.25, 0.3) is 10.2 Å². The second kappa shape index (κ2) is 11.0. The number of aromatic nitrogens is 3. The largest absolute Gasteiger partial charge is 0.444 e. The van der Waals surface area contributed by atoms with E-state index in [0.717, 1.165) is 12.1 Å². The zero-order chi connectivity index (χ0) is 24.9. The molecule has 1 N–H and O–H groups in total. The molecular weight excluding hydrogens is 450 g/mol. The quantitative estimate of drug-likeness (QED) is 0.446. The highest BCUT2D eigenvalue weighted by Crippen LogP contribution is 2.22. The smallest absolute Gasteiger partial charge is 0.407 e. The number of carbonyl (C=O) groups excluding carboxylic acids is 1. The predicted molar refractivity (Wildman–Crippen MR) is 138 cm³/mol. The Bertz CT molecular complexity index is 1160. The van der Waals surface area contributed by atoms with Gasteiger partial charge in [-0.3, -0.25) is 9.36 Å². The van der Waals surface area contributed by atoms with E-state index in [2.05, 4.69) is 28.4 Å². The molecule has 2 heterocycles. The van der Waals surface area contributed by atoms with Crippen molar-refractivity contribution in [2.75, 3.05) is 24.5 Å². The molecule has 0 bridgehead atoms. The Morgan fingerprint density at radius 3 is 2.59 bits per heavy atom. The number of aryl methyl sites for hydroxylation is 1. The van der Waals surface area contributed by atoms with Gasteiger partial charge in [-0.15, -0.1) is 0 Å². The topological polar surface area (TPSA) is 89.3 Å². The maximum Gasteiger partial charge on any atom is 0.407 e. The lowest BCUT2D eigenvalue weighted by atomic mass is 10.2. The molecule has 2 aromatic heterocycles. The van der Waals surface area contributed by atoms with Crippen molar-refractivity contribution < 1.29 is 9.53 Å². The van der Waals surface area contributed by atoms with Gasteiger partial charge in [-0.1, -0.05) is 44.2 Å². The molecule has 9 heteroatoms. The zero-order valence-corrected chi connectivity index (χ0v) is 21.7. The van der Waals surface area contributed by atoms with E-state index in [1.807, 2.05) is 58.0 Å². The van der Waals surface area contributed by atoms with Crippen LogP contribution in [0.15, 0.2) is 35.1 Å². The van der Waals surface area contributed by atoms with E-state index >= 15 is 0 Å². The average Bonchev–Trinajstić information content (AvgIpc) is 3.12. The molecule has 0 aliphatic heterocycles. The number of hydrogen-bond donors (Lipinski definition) is 1. The molecule has 0 aliphatic rings. The van der Waals surface area contributed by atoms with Gasteiger partial charge in [0.2, 0.25) is 5.95 Å². The summed E-state index contributed by atoms with van der Waals surface area (Å²) in [4.78, 5) is 33.3. The first kappa shape index (κ1) is 25.7. The van der Waals surface area contributed by atoms with Gasteiger partial charge in [-0.2, -0.15) is 4.37 Å². The number of carbonyl (C=O) groups is 1. The number of nitrogens with zero attached hydrogens (tertiary/aromatic N) is 4. The molecule has 3 aromatic rings. The predicted octanol–water partition coefficient (Wildman–Crippen LogP) is 4.59. The summed E-state index contributed by atoms with van der Waals surface area (Å²) in [5.41, 5.74) is 1.13. The second-order valence-electron chi connectivity index (χ2n) is 9.86. The Labute approximate surface area is 205 Å². The van der Waals surface area contributed by atoms with Crippen LogP contribution in [0, 0.1) is 12.8 Å². The number of rotatable bonds is 9. The van der Waals surface area contributed by atoms with E-state index in [4.69, 9.17) is 9.72 Å². The molecule has 1 aromatic carbocycles. The van der Waals surface area contributed by atoms with Crippen LogP contribution in [-0.4, -0.2) is 45.3 Å². The molecule has 0 aliphatic carbocycles. The lowest BCUT2D eigenvalue weighted by Gasteiger charge is -2.28. The zero-order valence-electron chi connectivity index (χ0n) is 20.9. The van der Waals surface area contributed by atoms with Gasteiger partial charge in [0.05, 0.1) is 17.6 Å². The molecule has 0 radical (unpaired) electrons. The lowest BCUT2D eigenvalue weighted by Crippen LogP contribution is -2.38. The highest BCUT2D eigenvalue weighted by Gasteiger charge is 2.21. The van der Waals surface area contributed by atoms with Crippen LogP contribution in [0.2, 0.25) is 0 Å². The summed E-state index contributed by atoms with van der Waals surface area (Å²) >= 11 is 1.26. The Morgan fingerprint density at radius 2 is 1.94 bits per heavy atom. The number of benzene rings is 1. The molecule has 0 saturated carbocycles. The number of nitrogens with one attached hydrogen (secondary N) is 1. The van der Waals surface area contributed by atoms with E-state index in [9.17, 15) is 9.59 Å². The van der Waals surface area contributed by atoms with Crippen molar-refractivity contribution in [3.05, 3.63) is 51.9 Å². The van der Waals surface area contributed by atoms with Crippen LogP contribution in [0.5, 0.6) is 0 Å². The molecule has 0 fully saturated rings. The SMILES string of the molecule is Cc1nsc2nc(N(CCCNC(=O)OC(C)(C)C)CC(C)C)n(Cc3ccccc3)c(=O)c12. The molecule has 184 valence electrons. The molecule has 0 spiro atoms. The Morgan fingerprint density at radius 1 is 1.24 bits per heavy atom. The first-order valence-electron chi connectivity index (χ1n) is 11.7. The second-order valence-corrected chi connectivity index (χ2v) is 10.6. The summed E-state index contributed by atoms with van der Waals surface area (Å²) in [7, 11) is 0. The van der Waals surface area contributed by atoms with Crippen molar-refractivity contribution in [1.82, 2.24) is 19.2 Å². The van der Waals surface area contributed by atoms with E-state index in [1.54, 1.807) is 4.57 Å². The van der Waals surface area contributed by atoms with Gasteiger partial charge in [0.15, 0.2) is 4.83 Å². The minimum Gasteiger partial charge on any atom is -0.444 e. The van der Waals surface area contributed by atoms with Crippen LogP contribution in [0.4, 0.5) is 10.7 Å². The fourth-order valence-electron chi connectivity index (χ4n) is 3.70. The standard InChI is InChI=1S/C25H35N5O3S/c1-17(2)15-29(14-10-13-26-24(32)33-25(4,5)6)23-27-21-20(18(3)28-34-21)22(31)30(23)16-19-11-8-7-9-12-19/h7-9,11-12,17H,10,13-16H2,1-6H3,(H,26,32). The third-order valence-corrected chi connectivity index (χ3v) is 5.91. The number of anilines is 1. The molecule has 0 atom stereocenters. The molecule has 8 nitrogen and oxygen atoms in total. The van der Waals surface area contributed by atoms with Crippen LogP contribution in [0.3, 0.4) is 0 Å². The summed E-state index contributed by atoms with van der Waals surface area (Å²) < 4.78 is 11.4. The normalized spacial score (nSPS) is 11.7. The number of alkyl carbamates (subject to hydrolysis) is 1. The number of amides is 1. The van der Waals surface area contributed by atoms with E-state index in [1.165, 1.54) is 11.5 Å². The van der Waals surface area contributed by atoms with Crippen molar-refractivity contribution in [3.63, 3.8) is 0 Å². The number of ether oxygens (including phenoxy) is 1. The minimum absolute atomic E-state index is 0.0734. The Kier molecular flexibility index (Phi) is 8.30. The third-order valence-electron chi connectivity index (χ3n) is 5.07. The first-order chi connectivity index (χ1) is 16.0. The summed E-state index contributed by atoms with van der Waals surface area (Å²) in [5, 5.41) is 3.40. The maximum absolute atomic E-state index is 13.6. The van der Waals surface area contributed by atoms with Gasteiger partial charge < -0.3 is 15.0 Å². The van der Waals surface area contributed by atoms with Gasteiger partial charge in [-0.25, -0.2) is 9.78 Å². The van der Waals surface area contributed by atoms with Gasteiger partial charge in [-0.05, 0) is 57.1 Å². The van der Waals surface area contributed by atoms with Crippen molar-refractivity contribution in [2.45, 2.75) is 60.1 Å². The first-order valence-corrected chi connectivity index (χ1v) is 12.4. The summed E-state index contributed by atoms with van der Waals surface area (Å²) in [6.07, 6.45) is 0.260. The molecule has 3 rings (SSSR count). The van der Waals surface area contributed by atoms with Gasteiger partial charge in [0, 0.05) is 19.6 Å². The molecule has 0 saturated heterocycles. The monoisotopic (exact) mass is 485 g/mol. The van der Waals surface area contributed by atoms with E-state index in [-0.39, 0.29) is 5.56 Å².